The van der Waals surface area contributed by atoms with Gasteiger partial charge in [-0.1, -0.05) is 12.1 Å². The van der Waals surface area contributed by atoms with Crippen LogP contribution in [0.15, 0.2) is 47.7 Å². The van der Waals surface area contributed by atoms with E-state index in [0.717, 1.165) is 16.8 Å². The van der Waals surface area contributed by atoms with Gasteiger partial charge in [0.2, 0.25) is 0 Å². The molecule has 0 saturated heterocycles. The molecule has 96 valence electrons. The molecule has 6 nitrogen and oxygen atoms in total. The molecule has 2 heterocycles. The summed E-state index contributed by atoms with van der Waals surface area (Å²) in [4.78, 5) is 14.1. The maximum Gasteiger partial charge on any atom is 0.330 e. The van der Waals surface area contributed by atoms with Gasteiger partial charge in [-0.3, -0.25) is 9.25 Å². The third-order valence-electron chi connectivity index (χ3n) is 3.09. The van der Waals surface area contributed by atoms with E-state index < -0.39 is 0 Å². The Balaban J connectivity index is 2.02. The number of benzene rings is 1. The van der Waals surface area contributed by atoms with Crippen LogP contribution in [0.25, 0.3) is 16.8 Å². The van der Waals surface area contributed by atoms with E-state index in [0.29, 0.717) is 5.82 Å². The predicted octanol–water partition coefficient (Wildman–Crippen LogP) is 1.15. The molecular weight excluding hydrogens is 242 g/mol. The molecule has 0 aliphatic rings. The molecular formula is C13H13N5O. The van der Waals surface area contributed by atoms with Gasteiger partial charge in [0.25, 0.3) is 0 Å². The van der Waals surface area contributed by atoms with Crippen molar-refractivity contribution in [3.05, 3.63) is 53.3 Å². The molecule has 0 amide bonds. The van der Waals surface area contributed by atoms with Crippen LogP contribution in [0.3, 0.4) is 0 Å². The Hall–Kier alpha value is -2.76. The summed E-state index contributed by atoms with van der Waals surface area (Å²) in [6, 6.07) is 7.58. The molecule has 19 heavy (non-hydrogen) atoms. The van der Waals surface area contributed by atoms with Crippen LogP contribution in [0, 0.1) is 0 Å². The van der Waals surface area contributed by atoms with Crippen LogP contribution in [0.5, 0.6) is 0 Å². The van der Waals surface area contributed by atoms with Crippen molar-refractivity contribution in [2.75, 3.05) is 5.73 Å². The maximum absolute atomic E-state index is 11.5. The van der Waals surface area contributed by atoms with E-state index in [-0.39, 0.29) is 5.69 Å². The Labute approximate surface area is 109 Å². The van der Waals surface area contributed by atoms with Crippen molar-refractivity contribution in [3.63, 3.8) is 0 Å². The van der Waals surface area contributed by atoms with E-state index in [9.17, 15) is 4.79 Å². The average molecular weight is 255 g/mol. The van der Waals surface area contributed by atoms with Crippen LogP contribution in [-0.4, -0.2) is 19.3 Å². The number of nitrogen functional groups attached to an aromatic ring is 1. The molecule has 1 aromatic carbocycles. The van der Waals surface area contributed by atoms with Gasteiger partial charge in [-0.05, 0) is 17.7 Å². The Bertz CT molecular complexity index is 763. The van der Waals surface area contributed by atoms with Gasteiger partial charge in [0.15, 0.2) is 0 Å². The molecule has 0 bridgehead atoms. The standard InChI is InChI=1S/C13H13N5O/c1-17-12(14)11(8-16-17)9-2-4-10(5-3-9)18-7-6-15-13(18)19/h2-8H,14H2,1H3,(H,15,19). The Morgan fingerprint density at radius 3 is 2.53 bits per heavy atom. The van der Waals surface area contributed by atoms with Crippen molar-refractivity contribution in [1.82, 2.24) is 19.3 Å². The third kappa shape index (κ3) is 1.83. The Kier molecular flexibility index (Phi) is 2.49. The van der Waals surface area contributed by atoms with E-state index in [2.05, 4.69) is 10.1 Å². The number of hydrogen-bond acceptors (Lipinski definition) is 3. The molecule has 2 aromatic heterocycles. The van der Waals surface area contributed by atoms with E-state index in [1.807, 2.05) is 24.3 Å². The van der Waals surface area contributed by atoms with Crippen LogP contribution in [0.1, 0.15) is 0 Å². The molecule has 0 spiro atoms. The zero-order chi connectivity index (χ0) is 13.4. The first kappa shape index (κ1) is 11.3. The summed E-state index contributed by atoms with van der Waals surface area (Å²) < 4.78 is 3.16. The highest BCUT2D eigenvalue weighted by Crippen LogP contribution is 2.25. The molecule has 0 aliphatic heterocycles. The normalized spacial score (nSPS) is 10.8. The summed E-state index contributed by atoms with van der Waals surface area (Å²) >= 11 is 0. The second-order valence-corrected chi connectivity index (χ2v) is 4.25. The number of rotatable bonds is 2. The fraction of sp³-hybridized carbons (Fsp3) is 0.0769. The molecule has 0 aliphatic carbocycles. The number of nitrogens with one attached hydrogen (secondary N) is 1. The summed E-state index contributed by atoms with van der Waals surface area (Å²) in [6.45, 7) is 0. The van der Waals surface area contributed by atoms with Gasteiger partial charge in [0.1, 0.15) is 5.82 Å². The Morgan fingerprint density at radius 2 is 2.00 bits per heavy atom. The minimum atomic E-state index is -0.159. The second-order valence-electron chi connectivity index (χ2n) is 4.25. The topological polar surface area (TPSA) is 81.6 Å². The first-order valence-electron chi connectivity index (χ1n) is 5.81. The van der Waals surface area contributed by atoms with Gasteiger partial charge in [-0.15, -0.1) is 0 Å². The first-order valence-corrected chi connectivity index (χ1v) is 5.81. The highest BCUT2D eigenvalue weighted by molar-refractivity contribution is 5.74. The minimum Gasteiger partial charge on any atom is -0.383 e. The van der Waals surface area contributed by atoms with Crippen LogP contribution in [-0.2, 0) is 7.05 Å². The predicted molar refractivity (Wildman–Crippen MR) is 73.0 cm³/mol. The van der Waals surface area contributed by atoms with Gasteiger partial charge >= 0.3 is 5.69 Å². The molecule has 0 fully saturated rings. The number of imidazole rings is 1. The summed E-state index contributed by atoms with van der Waals surface area (Å²) in [5.74, 6) is 0.617. The fourth-order valence-corrected chi connectivity index (χ4v) is 1.99. The van der Waals surface area contributed by atoms with Gasteiger partial charge in [-0.2, -0.15) is 5.10 Å². The number of aromatic nitrogens is 4. The summed E-state index contributed by atoms with van der Waals surface area (Å²) in [7, 11) is 1.80. The van der Waals surface area contributed by atoms with Crippen molar-refractivity contribution in [3.8, 4) is 16.8 Å². The molecule has 6 heteroatoms. The number of anilines is 1. The molecule has 0 saturated carbocycles. The van der Waals surface area contributed by atoms with Crippen LogP contribution in [0.4, 0.5) is 5.82 Å². The van der Waals surface area contributed by atoms with E-state index in [1.54, 1.807) is 30.3 Å². The maximum atomic E-state index is 11.5. The van der Waals surface area contributed by atoms with Crippen molar-refractivity contribution < 1.29 is 0 Å². The third-order valence-corrected chi connectivity index (χ3v) is 3.09. The van der Waals surface area contributed by atoms with Crippen LogP contribution in [0.2, 0.25) is 0 Å². The smallest absolute Gasteiger partial charge is 0.330 e. The number of nitrogens with zero attached hydrogens (tertiary/aromatic N) is 3. The minimum absolute atomic E-state index is 0.159. The highest BCUT2D eigenvalue weighted by Gasteiger charge is 2.07. The largest absolute Gasteiger partial charge is 0.383 e. The zero-order valence-corrected chi connectivity index (χ0v) is 10.4. The number of H-pyrrole nitrogens is 1. The van der Waals surface area contributed by atoms with Crippen molar-refractivity contribution in [2.24, 2.45) is 7.05 Å². The lowest BCUT2D eigenvalue weighted by molar-refractivity contribution is 0.779. The molecule has 0 radical (unpaired) electrons. The SMILES string of the molecule is Cn1ncc(-c2ccc(-n3cc[nH]c3=O)cc2)c1N. The summed E-state index contributed by atoms with van der Waals surface area (Å²) in [5.41, 5.74) is 8.43. The van der Waals surface area contributed by atoms with Gasteiger partial charge in [0, 0.05) is 25.0 Å². The van der Waals surface area contributed by atoms with E-state index in [4.69, 9.17) is 5.73 Å². The first-order chi connectivity index (χ1) is 9.16. The number of aryl methyl sites for hydroxylation is 1. The molecule has 3 N–H and O–H groups in total. The van der Waals surface area contributed by atoms with Crippen molar-refractivity contribution in [1.29, 1.82) is 0 Å². The lowest BCUT2D eigenvalue weighted by Crippen LogP contribution is -2.13. The molecule has 0 atom stereocenters. The number of aromatic amines is 1. The van der Waals surface area contributed by atoms with Crippen LogP contribution >= 0.6 is 0 Å². The second kappa shape index (κ2) is 4.16. The van der Waals surface area contributed by atoms with Crippen molar-refractivity contribution in [2.45, 2.75) is 0 Å². The quantitative estimate of drug-likeness (QED) is 0.720. The average Bonchev–Trinajstić information content (AvgIpc) is 2.98. The number of nitrogens with two attached hydrogens (primary N) is 1. The summed E-state index contributed by atoms with van der Waals surface area (Å²) in [5, 5.41) is 4.11. The Morgan fingerprint density at radius 1 is 1.26 bits per heavy atom. The lowest BCUT2D eigenvalue weighted by Gasteiger charge is -2.04. The van der Waals surface area contributed by atoms with E-state index in [1.165, 1.54) is 4.57 Å². The van der Waals surface area contributed by atoms with Gasteiger partial charge in [-0.25, -0.2) is 4.79 Å². The fourth-order valence-electron chi connectivity index (χ4n) is 1.99. The van der Waals surface area contributed by atoms with E-state index >= 15 is 0 Å². The highest BCUT2D eigenvalue weighted by atomic mass is 16.1. The monoisotopic (exact) mass is 255 g/mol. The summed E-state index contributed by atoms with van der Waals surface area (Å²) in [6.07, 6.45) is 5.03. The molecule has 3 aromatic rings. The number of hydrogen-bond donors (Lipinski definition) is 2. The molecule has 3 rings (SSSR count). The van der Waals surface area contributed by atoms with Gasteiger partial charge < -0.3 is 10.7 Å². The zero-order valence-electron chi connectivity index (χ0n) is 10.4. The van der Waals surface area contributed by atoms with Crippen LogP contribution < -0.4 is 11.4 Å². The lowest BCUT2D eigenvalue weighted by atomic mass is 10.1. The molecule has 0 unspecified atom stereocenters. The van der Waals surface area contributed by atoms with Crippen molar-refractivity contribution >= 4 is 5.82 Å². The van der Waals surface area contributed by atoms with Gasteiger partial charge in [0.05, 0.1) is 11.9 Å².